The Hall–Kier alpha value is -2.04. The summed E-state index contributed by atoms with van der Waals surface area (Å²) in [6.45, 7) is 0. The number of halogens is 1. The predicted octanol–water partition coefficient (Wildman–Crippen LogP) is 4.68. The van der Waals surface area contributed by atoms with Gasteiger partial charge in [-0.2, -0.15) is 0 Å². The number of nitrogens with one attached hydrogen (secondary N) is 2. The zero-order valence-corrected chi connectivity index (χ0v) is 13.5. The maximum atomic E-state index is 11.9. The SMILES string of the molecule is CSC(=N)c1cccc(NC(=O)/C=C/c2ccccc2Cl)c1. The average molecular weight is 331 g/mol. The van der Waals surface area contributed by atoms with E-state index in [2.05, 4.69) is 5.32 Å². The second-order valence-electron chi connectivity index (χ2n) is 4.46. The lowest BCUT2D eigenvalue weighted by Gasteiger charge is -2.05. The lowest BCUT2D eigenvalue weighted by molar-refractivity contribution is -0.111. The first-order chi connectivity index (χ1) is 10.6. The van der Waals surface area contributed by atoms with Gasteiger partial charge < -0.3 is 5.32 Å². The van der Waals surface area contributed by atoms with E-state index in [1.807, 2.05) is 36.6 Å². The van der Waals surface area contributed by atoms with Gasteiger partial charge in [-0.05, 0) is 36.1 Å². The van der Waals surface area contributed by atoms with Crippen molar-refractivity contribution in [3.8, 4) is 0 Å². The van der Waals surface area contributed by atoms with Crippen molar-refractivity contribution in [2.45, 2.75) is 0 Å². The molecule has 22 heavy (non-hydrogen) atoms. The second-order valence-corrected chi connectivity index (χ2v) is 5.68. The zero-order chi connectivity index (χ0) is 15.9. The summed E-state index contributed by atoms with van der Waals surface area (Å²) in [5, 5.41) is 11.6. The maximum Gasteiger partial charge on any atom is 0.248 e. The second kappa shape index (κ2) is 7.82. The van der Waals surface area contributed by atoms with Gasteiger partial charge in [-0.15, -0.1) is 11.8 Å². The molecule has 0 fully saturated rings. The van der Waals surface area contributed by atoms with Crippen LogP contribution < -0.4 is 5.32 Å². The number of hydrogen-bond acceptors (Lipinski definition) is 3. The van der Waals surface area contributed by atoms with E-state index in [-0.39, 0.29) is 5.91 Å². The molecule has 0 saturated heterocycles. The molecule has 1 amide bonds. The van der Waals surface area contributed by atoms with Crippen LogP contribution >= 0.6 is 23.4 Å². The summed E-state index contributed by atoms with van der Waals surface area (Å²) in [4.78, 5) is 11.9. The molecule has 3 nitrogen and oxygen atoms in total. The first-order valence-electron chi connectivity index (χ1n) is 6.56. The molecule has 2 N–H and O–H groups in total. The zero-order valence-electron chi connectivity index (χ0n) is 12.0. The number of benzene rings is 2. The molecule has 0 bridgehead atoms. The van der Waals surface area contributed by atoms with Crippen molar-refractivity contribution in [2.75, 3.05) is 11.6 Å². The van der Waals surface area contributed by atoms with E-state index in [9.17, 15) is 4.79 Å². The van der Waals surface area contributed by atoms with E-state index < -0.39 is 0 Å². The summed E-state index contributed by atoms with van der Waals surface area (Å²) in [6, 6.07) is 14.5. The summed E-state index contributed by atoms with van der Waals surface area (Å²) in [6.07, 6.45) is 4.96. The van der Waals surface area contributed by atoms with E-state index >= 15 is 0 Å². The van der Waals surface area contributed by atoms with Crippen LogP contribution in [0.1, 0.15) is 11.1 Å². The van der Waals surface area contributed by atoms with Gasteiger partial charge >= 0.3 is 0 Å². The van der Waals surface area contributed by atoms with Crippen LogP contribution in [0.25, 0.3) is 6.08 Å². The molecule has 2 rings (SSSR count). The molecule has 0 unspecified atom stereocenters. The van der Waals surface area contributed by atoms with Crippen LogP contribution in [-0.2, 0) is 4.79 Å². The Morgan fingerprint density at radius 1 is 1.23 bits per heavy atom. The van der Waals surface area contributed by atoms with E-state index in [0.717, 1.165) is 11.1 Å². The fourth-order valence-corrected chi connectivity index (χ4v) is 2.38. The number of rotatable bonds is 4. The van der Waals surface area contributed by atoms with Crippen LogP contribution in [0.4, 0.5) is 5.69 Å². The first kappa shape index (κ1) is 16.3. The molecule has 0 aromatic heterocycles. The Labute approximate surface area is 138 Å². The van der Waals surface area contributed by atoms with Gasteiger partial charge in [-0.1, -0.05) is 41.9 Å². The summed E-state index contributed by atoms with van der Waals surface area (Å²) < 4.78 is 0. The Kier molecular flexibility index (Phi) is 5.81. The minimum atomic E-state index is -0.243. The van der Waals surface area contributed by atoms with Crippen LogP contribution in [0, 0.1) is 5.41 Å². The largest absolute Gasteiger partial charge is 0.322 e. The fourth-order valence-electron chi connectivity index (χ4n) is 1.82. The molecule has 0 spiro atoms. The quantitative estimate of drug-likeness (QED) is 0.486. The van der Waals surface area contributed by atoms with Gasteiger partial charge in [0.05, 0.1) is 5.04 Å². The Morgan fingerprint density at radius 2 is 2.00 bits per heavy atom. The monoisotopic (exact) mass is 330 g/mol. The van der Waals surface area contributed by atoms with Gasteiger partial charge in [-0.25, -0.2) is 0 Å². The smallest absolute Gasteiger partial charge is 0.248 e. The van der Waals surface area contributed by atoms with Gasteiger partial charge in [0.25, 0.3) is 0 Å². The van der Waals surface area contributed by atoms with Crippen LogP contribution in [0.15, 0.2) is 54.6 Å². The highest BCUT2D eigenvalue weighted by atomic mass is 35.5. The number of anilines is 1. The third kappa shape index (κ3) is 4.48. The molecule has 0 atom stereocenters. The lowest BCUT2D eigenvalue weighted by Crippen LogP contribution is -2.08. The molecule has 0 aliphatic rings. The topological polar surface area (TPSA) is 53.0 Å². The van der Waals surface area contributed by atoms with Crippen molar-refractivity contribution in [2.24, 2.45) is 0 Å². The summed E-state index contributed by atoms with van der Waals surface area (Å²) >= 11 is 7.39. The maximum absolute atomic E-state index is 11.9. The standard InChI is InChI=1S/C17H15ClN2OS/c1-22-17(19)13-6-4-7-14(11-13)20-16(21)10-9-12-5-2-3-8-15(12)18/h2-11,19H,1H3,(H,20,21)/b10-9+,19-17?. The molecule has 0 aliphatic carbocycles. The Bertz CT molecular complexity index is 728. The third-order valence-corrected chi connectivity index (χ3v) is 3.90. The minimum absolute atomic E-state index is 0.243. The molecule has 5 heteroatoms. The molecule has 0 heterocycles. The predicted molar refractivity (Wildman–Crippen MR) is 95.9 cm³/mol. The Balaban J connectivity index is 2.06. The minimum Gasteiger partial charge on any atom is -0.322 e. The molecule has 112 valence electrons. The molecular weight excluding hydrogens is 316 g/mol. The van der Waals surface area contributed by atoms with E-state index in [0.29, 0.717) is 15.8 Å². The van der Waals surface area contributed by atoms with Crippen molar-refractivity contribution in [1.29, 1.82) is 5.41 Å². The fraction of sp³-hybridized carbons (Fsp3) is 0.0588. The average Bonchev–Trinajstić information content (AvgIpc) is 2.53. The molecule has 0 radical (unpaired) electrons. The van der Waals surface area contributed by atoms with Gasteiger partial charge in [0.15, 0.2) is 0 Å². The van der Waals surface area contributed by atoms with Crippen LogP contribution in [-0.4, -0.2) is 17.2 Å². The van der Waals surface area contributed by atoms with Crippen molar-refractivity contribution in [1.82, 2.24) is 0 Å². The summed E-state index contributed by atoms with van der Waals surface area (Å²) in [5.41, 5.74) is 2.22. The first-order valence-corrected chi connectivity index (χ1v) is 8.17. The van der Waals surface area contributed by atoms with E-state index in [1.165, 1.54) is 17.8 Å². The number of carbonyl (C=O) groups is 1. The molecule has 0 aliphatic heterocycles. The number of hydrogen-bond donors (Lipinski definition) is 2. The molecule has 0 saturated carbocycles. The highest BCUT2D eigenvalue weighted by Crippen LogP contribution is 2.17. The van der Waals surface area contributed by atoms with Gasteiger partial charge in [-0.3, -0.25) is 10.2 Å². The van der Waals surface area contributed by atoms with Crippen LogP contribution in [0.2, 0.25) is 5.02 Å². The lowest BCUT2D eigenvalue weighted by atomic mass is 10.2. The van der Waals surface area contributed by atoms with Crippen molar-refractivity contribution in [3.05, 3.63) is 70.8 Å². The van der Waals surface area contributed by atoms with Crippen molar-refractivity contribution in [3.63, 3.8) is 0 Å². The number of thioether (sulfide) groups is 1. The van der Waals surface area contributed by atoms with Gasteiger partial charge in [0.2, 0.25) is 5.91 Å². The van der Waals surface area contributed by atoms with Crippen LogP contribution in [0.5, 0.6) is 0 Å². The van der Waals surface area contributed by atoms with Gasteiger partial charge in [0.1, 0.15) is 0 Å². The van der Waals surface area contributed by atoms with Gasteiger partial charge in [0, 0.05) is 22.3 Å². The highest BCUT2D eigenvalue weighted by Gasteiger charge is 2.03. The normalized spacial score (nSPS) is 10.6. The van der Waals surface area contributed by atoms with E-state index in [1.54, 1.807) is 24.3 Å². The molecular formula is C17H15ClN2OS. The van der Waals surface area contributed by atoms with Crippen molar-refractivity contribution < 1.29 is 4.79 Å². The number of amides is 1. The highest BCUT2D eigenvalue weighted by molar-refractivity contribution is 8.13. The third-order valence-electron chi connectivity index (χ3n) is 2.92. The molecule has 2 aromatic carbocycles. The van der Waals surface area contributed by atoms with E-state index in [4.69, 9.17) is 17.0 Å². The van der Waals surface area contributed by atoms with Crippen LogP contribution in [0.3, 0.4) is 0 Å². The molecule has 2 aromatic rings. The van der Waals surface area contributed by atoms with Crippen molar-refractivity contribution >= 4 is 46.1 Å². The Morgan fingerprint density at radius 3 is 2.73 bits per heavy atom. The summed E-state index contributed by atoms with van der Waals surface area (Å²) in [7, 11) is 0. The summed E-state index contributed by atoms with van der Waals surface area (Å²) in [5.74, 6) is -0.243. The number of carbonyl (C=O) groups excluding carboxylic acids is 1.